The van der Waals surface area contributed by atoms with Gasteiger partial charge in [0.15, 0.2) is 16.5 Å². The van der Waals surface area contributed by atoms with Crippen LogP contribution in [-0.2, 0) is 17.1 Å². The Bertz CT molecular complexity index is 1110. The van der Waals surface area contributed by atoms with Gasteiger partial charge in [-0.15, -0.1) is 15.3 Å². The molecule has 10 nitrogen and oxygen atoms in total. The molecule has 2 aliphatic rings. The van der Waals surface area contributed by atoms with Crippen LogP contribution < -0.4 is 4.90 Å². The van der Waals surface area contributed by atoms with Crippen LogP contribution in [0.1, 0.15) is 31.0 Å². The number of sulfonamides is 1. The van der Waals surface area contributed by atoms with Crippen LogP contribution in [0.2, 0.25) is 0 Å². The van der Waals surface area contributed by atoms with Crippen molar-refractivity contribution in [2.75, 3.05) is 31.1 Å². The molecule has 2 fully saturated rings. The lowest BCUT2D eigenvalue weighted by Crippen LogP contribution is -2.39. The highest BCUT2D eigenvalue weighted by molar-refractivity contribution is 7.89. The van der Waals surface area contributed by atoms with Gasteiger partial charge in [0.2, 0.25) is 0 Å². The molecule has 0 bridgehead atoms. The first-order valence-corrected chi connectivity index (χ1v) is 10.9. The van der Waals surface area contributed by atoms with Crippen LogP contribution in [-0.4, -0.2) is 68.3 Å². The smallest absolute Gasteiger partial charge is 0.262 e. The van der Waals surface area contributed by atoms with E-state index in [0.29, 0.717) is 25.9 Å². The number of rotatable bonds is 4. The number of anilines is 1. The molecule has 5 rings (SSSR count). The zero-order chi connectivity index (χ0) is 19.3. The predicted octanol–water partition coefficient (Wildman–Crippen LogP) is 0.636. The van der Waals surface area contributed by atoms with Crippen molar-refractivity contribution in [1.29, 1.82) is 0 Å². The molecule has 0 N–H and O–H groups in total. The van der Waals surface area contributed by atoms with Crippen molar-refractivity contribution in [3.8, 4) is 0 Å². The molecule has 2 saturated heterocycles. The highest BCUT2D eigenvalue weighted by Gasteiger charge is 2.33. The van der Waals surface area contributed by atoms with Crippen LogP contribution in [0.25, 0.3) is 5.65 Å². The number of imidazole rings is 1. The quantitative estimate of drug-likeness (QED) is 0.631. The third-order valence-electron chi connectivity index (χ3n) is 5.56. The van der Waals surface area contributed by atoms with E-state index >= 15 is 0 Å². The molecule has 2 aliphatic heterocycles. The lowest BCUT2D eigenvalue weighted by Gasteiger charge is -2.32. The Hall–Kier alpha value is -2.53. The summed E-state index contributed by atoms with van der Waals surface area (Å²) in [4.78, 5) is 6.23. The molecule has 3 aromatic rings. The number of hydrogen-bond donors (Lipinski definition) is 0. The first-order valence-electron chi connectivity index (χ1n) is 9.48. The summed E-state index contributed by atoms with van der Waals surface area (Å²) in [5.74, 6) is 1.88. The first kappa shape index (κ1) is 17.6. The standard InChI is InChI=1S/C17H22N8O2S/c1-22-11-16(18-12-22)28(26,27)24-9-5-13(6-10-24)17-20-19-14-3-4-15(21-25(14)17)23-7-2-8-23/h3-4,11-13H,2,5-10H2,1H3. The maximum Gasteiger partial charge on any atom is 0.262 e. The minimum absolute atomic E-state index is 0.0993. The highest BCUT2D eigenvalue weighted by Crippen LogP contribution is 2.30. The van der Waals surface area contributed by atoms with E-state index in [1.165, 1.54) is 23.3 Å². The Morgan fingerprint density at radius 2 is 1.86 bits per heavy atom. The van der Waals surface area contributed by atoms with Gasteiger partial charge < -0.3 is 9.47 Å². The SMILES string of the molecule is Cn1cnc(S(=O)(=O)N2CCC(c3nnc4ccc(N5CCC5)nn34)CC2)c1. The monoisotopic (exact) mass is 402 g/mol. The van der Waals surface area contributed by atoms with E-state index in [9.17, 15) is 8.42 Å². The second kappa shape index (κ2) is 6.52. The van der Waals surface area contributed by atoms with Gasteiger partial charge in [-0.2, -0.15) is 8.82 Å². The number of nitrogens with zero attached hydrogens (tertiary/aromatic N) is 8. The van der Waals surface area contributed by atoms with Crippen LogP contribution in [0.15, 0.2) is 29.7 Å². The predicted molar refractivity (Wildman–Crippen MR) is 102 cm³/mol. The molecule has 0 radical (unpaired) electrons. The Morgan fingerprint density at radius 3 is 2.50 bits per heavy atom. The Balaban J connectivity index is 1.35. The minimum atomic E-state index is -3.55. The minimum Gasteiger partial charge on any atom is -0.355 e. The van der Waals surface area contributed by atoms with E-state index in [1.54, 1.807) is 11.6 Å². The van der Waals surface area contributed by atoms with Crippen molar-refractivity contribution in [2.45, 2.75) is 30.2 Å². The summed E-state index contributed by atoms with van der Waals surface area (Å²) in [6.07, 6.45) is 5.60. The Morgan fingerprint density at radius 1 is 1.07 bits per heavy atom. The fourth-order valence-corrected chi connectivity index (χ4v) is 5.21. The number of piperidine rings is 1. The number of aromatic nitrogens is 6. The Labute approximate surface area is 162 Å². The lowest BCUT2D eigenvalue weighted by molar-refractivity contribution is 0.310. The molecule has 0 spiro atoms. The summed E-state index contributed by atoms with van der Waals surface area (Å²) < 4.78 is 30.5. The number of aryl methyl sites for hydroxylation is 1. The third-order valence-corrected chi connectivity index (χ3v) is 7.34. The zero-order valence-electron chi connectivity index (χ0n) is 15.6. The van der Waals surface area contributed by atoms with Crippen molar-refractivity contribution in [2.24, 2.45) is 7.05 Å². The van der Waals surface area contributed by atoms with Crippen molar-refractivity contribution in [1.82, 2.24) is 33.7 Å². The molecule has 0 saturated carbocycles. The molecule has 0 atom stereocenters. The highest BCUT2D eigenvalue weighted by atomic mass is 32.2. The van der Waals surface area contributed by atoms with Crippen LogP contribution >= 0.6 is 0 Å². The average Bonchev–Trinajstić information content (AvgIpc) is 3.27. The van der Waals surface area contributed by atoms with Gasteiger partial charge in [-0.05, 0) is 31.4 Å². The second-order valence-corrected chi connectivity index (χ2v) is 9.30. The molecule has 28 heavy (non-hydrogen) atoms. The van der Waals surface area contributed by atoms with Gasteiger partial charge in [-0.3, -0.25) is 0 Å². The van der Waals surface area contributed by atoms with Crippen molar-refractivity contribution in [3.63, 3.8) is 0 Å². The second-order valence-electron chi connectivity index (χ2n) is 7.42. The first-order chi connectivity index (χ1) is 13.5. The number of fused-ring (bicyclic) bond motifs is 1. The molecule has 5 heterocycles. The molecule has 0 unspecified atom stereocenters. The van der Waals surface area contributed by atoms with E-state index in [2.05, 4.69) is 20.1 Å². The molecule has 3 aromatic heterocycles. The summed E-state index contributed by atoms with van der Waals surface area (Å²) in [7, 11) is -1.79. The fourth-order valence-electron chi connectivity index (χ4n) is 3.77. The van der Waals surface area contributed by atoms with Crippen LogP contribution in [0.3, 0.4) is 0 Å². The molecule has 148 valence electrons. The summed E-state index contributed by atoms with van der Waals surface area (Å²) in [5, 5.41) is 13.4. The van der Waals surface area contributed by atoms with Gasteiger partial charge in [0.1, 0.15) is 5.82 Å². The van der Waals surface area contributed by atoms with Gasteiger partial charge in [0.25, 0.3) is 10.0 Å². The van der Waals surface area contributed by atoms with Gasteiger partial charge >= 0.3 is 0 Å². The van der Waals surface area contributed by atoms with Crippen LogP contribution in [0, 0.1) is 0 Å². The molecule has 0 amide bonds. The number of hydrogen-bond acceptors (Lipinski definition) is 7. The van der Waals surface area contributed by atoms with Gasteiger partial charge in [0.05, 0.1) is 6.33 Å². The van der Waals surface area contributed by atoms with E-state index < -0.39 is 10.0 Å². The summed E-state index contributed by atoms with van der Waals surface area (Å²) in [5.41, 5.74) is 0.725. The van der Waals surface area contributed by atoms with Crippen molar-refractivity contribution >= 4 is 21.5 Å². The van der Waals surface area contributed by atoms with E-state index in [0.717, 1.165) is 30.4 Å². The Kier molecular flexibility index (Phi) is 4.09. The van der Waals surface area contributed by atoms with E-state index in [1.807, 2.05) is 16.6 Å². The summed E-state index contributed by atoms with van der Waals surface area (Å²) in [6, 6.07) is 3.92. The van der Waals surface area contributed by atoms with Crippen LogP contribution in [0.4, 0.5) is 5.82 Å². The topological polar surface area (TPSA) is 102 Å². The van der Waals surface area contributed by atoms with E-state index in [-0.39, 0.29) is 10.9 Å². The molecule has 11 heteroatoms. The average molecular weight is 402 g/mol. The van der Waals surface area contributed by atoms with Crippen LogP contribution in [0.5, 0.6) is 0 Å². The molecule has 0 aromatic carbocycles. The molecular formula is C17H22N8O2S. The maximum absolute atomic E-state index is 12.8. The van der Waals surface area contributed by atoms with Crippen molar-refractivity contribution < 1.29 is 8.42 Å². The largest absolute Gasteiger partial charge is 0.355 e. The molecule has 0 aliphatic carbocycles. The van der Waals surface area contributed by atoms with Crippen molar-refractivity contribution in [3.05, 3.63) is 30.5 Å². The maximum atomic E-state index is 12.8. The summed E-state index contributed by atoms with van der Waals surface area (Å²) in [6.45, 7) is 2.92. The normalized spacial score (nSPS) is 19.2. The molecular weight excluding hydrogens is 380 g/mol. The van der Waals surface area contributed by atoms with Gasteiger partial charge in [-0.25, -0.2) is 13.4 Å². The zero-order valence-corrected chi connectivity index (χ0v) is 16.5. The fraction of sp³-hybridized carbons (Fsp3) is 0.529. The summed E-state index contributed by atoms with van der Waals surface area (Å²) >= 11 is 0. The lowest BCUT2D eigenvalue weighted by atomic mass is 9.97. The van der Waals surface area contributed by atoms with E-state index in [4.69, 9.17) is 5.10 Å². The third kappa shape index (κ3) is 2.85. The van der Waals surface area contributed by atoms with Gasteiger partial charge in [0, 0.05) is 45.3 Å². The van der Waals surface area contributed by atoms with Gasteiger partial charge in [-0.1, -0.05) is 0 Å².